The molecule has 5 heteroatoms. The number of benzene rings is 2. The van der Waals surface area contributed by atoms with Crippen LogP contribution >= 0.6 is 34.8 Å². The van der Waals surface area contributed by atoms with Gasteiger partial charge in [0.05, 0.1) is 0 Å². The number of halogens is 4. The molecule has 1 unspecified atom stereocenters. The molecule has 0 amide bonds. The van der Waals surface area contributed by atoms with Crippen molar-refractivity contribution >= 4 is 34.8 Å². The highest BCUT2D eigenvalue weighted by Crippen LogP contribution is 2.30. The highest BCUT2D eigenvalue weighted by molar-refractivity contribution is 6.33. The Bertz CT molecular complexity index is 616. The van der Waals surface area contributed by atoms with E-state index in [1.165, 1.54) is 12.1 Å². The lowest BCUT2D eigenvalue weighted by Crippen LogP contribution is -2.19. The van der Waals surface area contributed by atoms with Gasteiger partial charge in [0, 0.05) is 21.1 Å². The minimum absolute atomic E-state index is 0.0968. The van der Waals surface area contributed by atoms with Crippen LogP contribution in [0.1, 0.15) is 17.2 Å². The molecule has 1 atom stereocenters. The van der Waals surface area contributed by atoms with E-state index in [0.29, 0.717) is 21.5 Å². The fourth-order valence-corrected chi connectivity index (χ4v) is 2.69. The van der Waals surface area contributed by atoms with E-state index in [4.69, 9.17) is 34.8 Å². The fourth-order valence-electron chi connectivity index (χ4n) is 2.07. The lowest BCUT2D eigenvalue weighted by Gasteiger charge is -2.19. The van der Waals surface area contributed by atoms with Crippen LogP contribution in [0.15, 0.2) is 36.4 Å². The van der Waals surface area contributed by atoms with E-state index >= 15 is 0 Å². The maximum absolute atomic E-state index is 13.3. The molecule has 2 aromatic rings. The van der Waals surface area contributed by atoms with Crippen LogP contribution in [0.25, 0.3) is 0 Å². The van der Waals surface area contributed by atoms with Crippen molar-refractivity contribution in [2.75, 3.05) is 7.05 Å². The van der Waals surface area contributed by atoms with Crippen LogP contribution in [-0.2, 0) is 6.42 Å². The minimum Gasteiger partial charge on any atom is -0.313 e. The maximum atomic E-state index is 13.3. The van der Waals surface area contributed by atoms with Crippen molar-refractivity contribution in [1.29, 1.82) is 0 Å². The van der Waals surface area contributed by atoms with Crippen molar-refractivity contribution < 1.29 is 4.39 Å². The second kappa shape index (κ2) is 6.77. The van der Waals surface area contributed by atoms with E-state index in [9.17, 15) is 4.39 Å². The van der Waals surface area contributed by atoms with Gasteiger partial charge in [-0.15, -0.1) is 0 Å². The summed E-state index contributed by atoms with van der Waals surface area (Å²) in [5.74, 6) is -0.309. The van der Waals surface area contributed by atoms with Gasteiger partial charge in [0.2, 0.25) is 0 Å². The topological polar surface area (TPSA) is 12.0 Å². The van der Waals surface area contributed by atoms with Crippen molar-refractivity contribution in [2.45, 2.75) is 12.5 Å². The third-order valence-electron chi connectivity index (χ3n) is 3.11. The highest BCUT2D eigenvalue weighted by Gasteiger charge is 2.16. The van der Waals surface area contributed by atoms with Crippen LogP contribution in [0.3, 0.4) is 0 Å². The zero-order chi connectivity index (χ0) is 14.7. The summed E-state index contributed by atoms with van der Waals surface area (Å²) in [6.45, 7) is 0. The van der Waals surface area contributed by atoms with Crippen LogP contribution < -0.4 is 5.32 Å². The molecule has 0 aliphatic heterocycles. The van der Waals surface area contributed by atoms with E-state index in [1.54, 1.807) is 24.3 Å². The first-order chi connectivity index (χ1) is 9.51. The molecular formula is C15H13Cl3FN. The molecule has 0 fully saturated rings. The molecule has 2 aromatic carbocycles. The van der Waals surface area contributed by atoms with Crippen LogP contribution in [0, 0.1) is 5.82 Å². The number of hydrogen-bond donors (Lipinski definition) is 1. The van der Waals surface area contributed by atoms with E-state index in [-0.39, 0.29) is 11.9 Å². The first-order valence-corrected chi connectivity index (χ1v) is 7.21. The first kappa shape index (κ1) is 15.6. The summed E-state index contributed by atoms with van der Waals surface area (Å²) >= 11 is 18.3. The van der Waals surface area contributed by atoms with Crippen LogP contribution in [0.5, 0.6) is 0 Å². The zero-order valence-corrected chi connectivity index (χ0v) is 13.0. The zero-order valence-electron chi connectivity index (χ0n) is 10.8. The lowest BCUT2D eigenvalue weighted by molar-refractivity contribution is 0.584. The Labute approximate surface area is 132 Å². The summed E-state index contributed by atoms with van der Waals surface area (Å²) in [4.78, 5) is 0. The Kier molecular flexibility index (Phi) is 5.28. The van der Waals surface area contributed by atoms with Crippen molar-refractivity contribution in [1.82, 2.24) is 5.32 Å². The van der Waals surface area contributed by atoms with Crippen LogP contribution in [0.2, 0.25) is 15.1 Å². The quantitative estimate of drug-likeness (QED) is 0.802. The molecule has 0 heterocycles. The van der Waals surface area contributed by atoms with Crippen molar-refractivity contribution in [3.05, 3.63) is 68.4 Å². The molecule has 0 spiro atoms. The summed E-state index contributed by atoms with van der Waals surface area (Å²) in [5.41, 5.74) is 1.59. The molecule has 0 saturated carbocycles. The SMILES string of the molecule is CNC(Cc1cc(F)ccc1Cl)c1cc(Cl)ccc1Cl. The molecule has 0 saturated heterocycles. The Morgan fingerprint density at radius 1 is 1.05 bits per heavy atom. The van der Waals surface area contributed by atoms with Gasteiger partial charge in [-0.1, -0.05) is 34.8 Å². The highest BCUT2D eigenvalue weighted by atomic mass is 35.5. The van der Waals surface area contributed by atoms with Crippen molar-refractivity contribution in [3.8, 4) is 0 Å². The summed E-state index contributed by atoms with van der Waals surface area (Å²) < 4.78 is 13.3. The molecule has 0 aliphatic rings. The Hall–Kier alpha value is -0.800. The molecule has 0 aromatic heterocycles. The summed E-state index contributed by atoms with van der Waals surface area (Å²) in [7, 11) is 1.81. The predicted molar refractivity (Wildman–Crippen MR) is 83.4 cm³/mol. The van der Waals surface area contributed by atoms with Gasteiger partial charge in [0.25, 0.3) is 0 Å². The molecule has 106 valence electrons. The number of hydrogen-bond acceptors (Lipinski definition) is 1. The second-order valence-electron chi connectivity index (χ2n) is 4.45. The van der Waals surface area contributed by atoms with Gasteiger partial charge in [-0.2, -0.15) is 0 Å². The Morgan fingerprint density at radius 3 is 2.45 bits per heavy atom. The molecule has 0 aliphatic carbocycles. The summed E-state index contributed by atoms with van der Waals surface area (Å²) in [6, 6.07) is 9.51. The largest absolute Gasteiger partial charge is 0.313 e. The van der Waals surface area contributed by atoms with Gasteiger partial charge in [-0.3, -0.25) is 0 Å². The predicted octanol–water partition coefficient (Wildman–Crippen LogP) is 5.29. The van der Waals surface area contributed by atoms with E-state index in [2.05, 4.69) is 5.32 Å². The van der Waals surface area contributed by atoms with E-state index in [1.807, 2.05) is 7.05 Å². The molecule has 1 nitrogen and oxygen atoms in total. The third kappa shape index (κ3) is 3.64. The molecule has 20 heavy (non-hydrogen) atoms. The normalized spacial score (nSPS) is 12.4. The van der Waals surface area contributed by atoms with Crippen LogP contribution in [-0.4, -0.2) is 7.05 Å². The van der Waals surface area contributed by atoms with Gasteiger partial charge < -0.3 is 5.32 Å². The van der Waals surface area contributed by atoms with Gasteiger partial charge in [-0.25, -0.2) is 4.39 Å². The van der Waals surface area contributed by atoms with E-state index < -0.39 is 0 Å². The summed E-state index contributed by atoms with van der Waals surface area (Å²) in [6.07, 6.45) is 0.521. The van der Waals surface area contributed by atoms with Crippen molar-refractivity contribution in [2.24, 2.45) is 0 Å². The standard InChI is InChI=1S/C15H13Cl3FN/c1-20-15(12-8-10(16)2-4-14(12)18)7-9-6-11(19)3-5-13(9)17/h2-6,8,15,20H,7H2,1H3. The molecule has 0 bridgehead atoms. The lowest BCUT2D eigenvalue weighted by atomic mass is 9.99. The van der Waals surface area contributed by atoms with Crippen molar-refractivity contribution in [3.63, 3.8) is 0 Å². The summed E-state index contributed by atoms with van der Waals surface area (Å²) in [5, 5.41) is 4.91. The number of nitrogens with one attached hydrogen (secondary N) is 1. The number of rotatable bonds is 4. The van der Waals surface area contributed by atoms with Gasteiger partial charge in [0.15, 0.2) is 0 Å². The average molecular weight is 333 g/mol. The van der Waals surface area contributed by atoms with E-state index in [0.717, 1.165) is 11.1 Å². The molecular weight excluding hydrogens is 320 g/mol. The Morgan fingerprint density at radius 2 is 1.75 bits per heavy atom. The molecule has 2 rings (SSSR count). The van der Waals surface area contributed by atoms with Gasteiger partial charge in [-0.05, 0) is 61.0 Å². The Balaban J connectivity index is 2.33. The fraction of sp³-hybridized carbons (Fsp3) is 0.200. The maximum Gasteiger partial charge on any atom is 0.123 e. The van der Waals surface area contributed by atoms with Gasteiger partial charge in [0.1, 0.15) is 5.82 Å². The van der Waals surface area contributed by atoms with Gasteiger partial charge >= 0.3 is 0 Å². The third-order valence-corrected chi connectivity index (χ3v) is 4.06. The first-order valence-electron chi connectivity index (χ1n) is 6.07. The smallest absolute Gasteiger partial charge is 0.123 e. The molecule has 1 N–H and O–H groups in total. The van der Waals surface area contributed by atoms with Crippen LogP contribution in [0.4, 0.5) is 4.39 Å². The molecule has 0 radical (unpaired) electrons. The monoisotopic (exact) mass is 331 g/mol. The average Bonchev–Trinajstić information content (AvgIpc) is 2.42. The number of likely N-dealkylation sites (N-methyl/N-ethyl adjacent to an activating group) is 1. The minimum atomic E-state index is -0.309. The second-order valence-corrected chi connectivity index (χ2v) is 5.70.